The Morgan fingerprint density at radius 2 is 1.65 bits per heavy atom. The van der Waals surface area contributed by atoms with Gasteiger partial charge in [-0.05, 0) is 55.0 Å². The molecule has 0 aromatic heterocycles. The molecular formula is C40H44BrN3O4S. The summed E-state index contributed by atoms with van der Waals surface area (Å²) in [4.78, 5) is 50.2. The third-order valence-electron chi connectivity index (χ3n) is 10.3. The van der Waals surface area contributed by atoms with Crippen molar-refractivity contribution in [3.05, 3.63) is 126 Å². The molecule has 3 fully saturated rings. The molecule has 3 aromatic rings. The minimum atomic E-state index is -0.902. The number of fused-ring (bicyclic) bond motifs is 1. The van der Waals surface area contributed by atoms with Gasteiger partial charge in [0.2, 0.25) is 11.8 Å². The first kappa shape index (κ1) is 35.2. The average Bonchev–Trinajstić information content (AvgIpc) is 3.70. The number of hydrogen-bond donors (Lipinski definition) is 1. The third-order valence-corrected chi connectivity index (χ3v) is 13.5. The first-order valence-electron chi connectivity index (χ1n) is 16.9. The van der Waals surface area contributed by atoms with Gasteiger partial charge in [0.1, 0.15) is 6.04 Å². The van der Waals surface area contributed by atoms with Crippen molar-refractivity contribution in [1.29, 1.82) is 0 Å². The van der Waals surface area contributed by atoms with Crippen LogP contribution in [0.3, 0.4) is 0 Å². The van der Waals surface area contributed by atoms with Crippen molar-refractivity contribution in [3.8, 4) is 0 Å². The number of thioether (sulfide) groups is 1. The van der Waals surface area contributed by atoms with Crippen LogP contribution >= 0.6 is 27.7 Å². The molecule has 6 rings (SSSR count). The largest absolute Gasteiger partial charge is 0.394 e. The second-order valence-electron chi connectivity index (χ2n) is 13.5. The lowest BCUT2D eigenvalue weighted by Gasteiger charge is -2.40. The lowest BCUT2D eigenvalue weighted by Crippen LogP contribution is -2.58. The van der Waals surface area contributed by atoms with Crippen LogP contribution in [-0.2, 0) is 27.3 Å². The summed E-state index contributed by atoms with van der Waals surface area (Å²) in [5, 5.41) is 10.8. The van der Waals surface area contributed by atoms with Crippen LogP contribution in [0.1, 0.15) is 28.7 Å². The molecule has 3 aliphatic heterocycles. The van der Waals surface area contributed by atoms with E-state index in [0.717, 1.165) is 27.9 Å². The van der Waals surface area contributed by atoms with Gasteiger partial charge in [0.15, 0.2) is 0 Å². The molecule has 3 aromatic carbocycles. The number of carbonyl (C=O) groups is 3. The van der Waals surface area contributed by atoms with Gasteiger partial charge in [-0.15, -0.1) is 24.9 Å². The van der Waals surface area contributed by atoms with Gasteiger partial charge in [-0.1, -0.05) is 101 Å². The maximum atomic E-state index is 15.3. The first-order valence-corrected chi connectivity index (χ1v) is 18.7. The van der Waals surface area contributed by atoms with E-state index in [0.29, 0.717) is 25.9 Å². The van der Waals surface area contributed by atoms with E-state index >= 15 is 9.59 Å². The van der Waals surface area contributed by atoms with E-state index in [9.17, 15) is 9.90 Å². The molecule has 1 spiro atoms. The van der Waals surface area contributed by atoms with E-state index in [1.165, 1.54) is 0 Å². The van der Waals surface area contributed by atoms with Gasteiger partial charge >= 0.3 is 0 Å². The van der Waals surface area contributed by atoms with Gasteiger partial charge in [0.25, 0.3) is 5.91 Å². The van der Waals surface area contributed by atoms with Crippen LogP contribution in [0.2, 0.25) is 0 Å². The number of alkyl halides is 1. The predicted octanol–water partition coefficient (Wildman–Crippen LogP) is 6.11. The Labute approximate surface area is 302 Å². The van der Waals surface area contributed by atoms with Crippen molar-refractivity contribution >= 4 is 51.1 Å². The SMILES string of the molecule is C=CCN(Cc1ccccc1)C(=O)[C@H]1[C@@H]2SC3(CC2Br)C(C(=O)N(CC=C)c2cc(C)ccc2C)N([C@@H](CO)Cc2ccccc2)C(=O)[C@H]13. The molecule has 3 amide bonds. The lowest BCUT2D eigenvalue weighted by atomic mass is 9.70. The maximum absolute atomic E-state index is 15.3. The second kappa shape index (κ2) is 14.7. The van der Waals surface area contributed by atoms with E-state index in [4.69, 9.17) is 0 Å². The highest BCUT2D eigenvalue weighted by molar-refractivity contribution is 9.09. The number of hydrogen-bond acceptors (Lipinski definition) is 5. The molecule has 0 aliphatic carbocycles. The number of aliphatic hydroxyl groups excluding tert-OH is 1. The number of rotatable bonds is 13. The van der Waals surface area contributed by atoms with Gasteiger partial charge in [0, 0.05) is 35.4 Å². The zero-order valence-electron chi connectivity index (χ0n) is 28.1. The molecule has 0 radical (unpaired) electrons. The molecule has 3 saturated heterocycles. The number of amides is 3. The minimum absolute atomic E-state index is 0.0803. The molecule has 0 saturated carbocycles. The Morgan fingerprint density at radius 1 is 1.00 bits per heavy atom. The molecule has 2 bridgehead atoms. The smallest absolute Gasteiger partial charge is 0.251 e. The summed E-state index contributed by atoms with van der Waals surface area (Å²) in [6.45, 7) is 12.5. The number of nitrogens with zero attached hydrogens (tertiary/aromatic N) is 3. The third kappa shape index (κ3) is 6.41. The average molecular weight is 743 g/mol. The number of aryl methyl sites for hydroxylation is 2. The zero-order valence-corrected chi connectivity index (χ0v) is 30.5. The summed E-state index contributed by atoms with van der Waals surface area (Å²) in [7, 11) is 0. The monoisotopic (exact) mass is 741 g/mol. The predicted molar refractivity (Wildman–Crippen MR) is 201 cm³/mol. The van der Waals surface area contributed by atoms with Crippen molar-refractivity contribution in [2.75, 3.05) is 24.6 Å². The highest BCUT2D eigenvalue weighted by atomic mass is 79.9. The number of carbonyl (C=O) groups excluding carboxylic acids is 3. The molecule has 1 N–H and O–H groups in total. The van der Waals surface area contributed by atoms with Crippen molar-refractivity contribution in [1.82, 2.24) is 9.80 Å². The summed E-state index contributed by atoms with van der Waals surface area (Å²) in [5.41, 5.74) is 4.66. The summed E-state index contributed by atoms with van der Waals surface area (Å²) < 4.78 is -0.874. The summed E-state index contributed by atoms with van der Waals surface area (Å²) in [6.07, 6.45) is 4.35. The number of aliphatic hydroxyl groups is 1. The fourth-order valence-electron chi connectivity index (χ4n) is 8.16. The van der Waals surface area contributed by atoms with Crippen LogP contribution in [0.4, 0.5) is 5.69 Å². The van der Waals surface area contributed by atoms with Gasteiger partial charge in [-0.25, -0.2) is 0 Å². The molecule has 7 atom stereocenters. The van der Waals surface area contributed by atoms with Crippen LogP contribution in [0.5, 0.6) is 0 Å². The fourth-order valence-corrected chi connectivity index (χ4v) is 11.7. The Hall–Kier alpha value is -3.66. The summed E-state index contributed by atoms with van der Waals surface area (Å²) in [5.74, 6) is -1.94. The van der Waals surface area contributed by atoms with Gasteiger partial charge < -0.3 is 19.8 Å². The highest BCUT2D eigenvalue weighted by Gasteiger charge is 2.76. The van der Waals surface area contributed by atoms with Crippen molar-refractivity contribution in [2.45, 2.75) is 60.1 Å². The topological polar surface area (TPSA) is 81.2 Å². The molecule has 49 heavy (non-hydrogen) atoms. The van der Waals surface area contributed by atoms with Crippen molar-refractivity contribution in [2.24, 2.45) is 11.8 Å². The van der Waals surface area contributed by atoms with Crippen LogP contribution in [-0.4, -0.2) is 79.2 Å². The molecular weight excluding hydrogens is 698 g/mol. The first-order chi connectivity index (χ1) is 23.6. The number of benzene rings is 3. The molecule has 256 valence electrons. The van der Waals surface area contributed by atoms with Gasteiger partial charge in [-0.3, -0.25) is 14.4 Å². The number of likely N-dealkylation sites (tertiary alicyclic amines) is 1. The van der Waals surface area contributed by atoms with E-state index < -0.39 is 28.7 Å². The second-order valence-corrected chi connectivity index (χ2v) is 16.2. The van der Waals surface area contributed by atoms with Crippen LogP contribution in [0.15, 0.2) is 104 Å². The Balaban J connectivity index is 1.46. The molecule has 9 heteroatoms. The Bertz CT molecular complexity index is 1720. The van der Waals surface area contributed by atoms with Crippen molar-refractivity contribution < 1.29 is 19.5 Å². The van der Waals surface area contributed by atoms with Gasteiger partial charge in [0.05, 0.1) is 29.2 Å². The quantitative estimate of drug-likeness (QED) is 0.169. The lowest BCUT2D eigenvalue weighted by molar-refractivity contribution is -0.145. The fraction of sp³-hybridized carbons (Fsp3) is 0.375. The molecule has 3 heterocycles. The zero-order chi connectivity index (χ0) is 34.9. The highest BCUT2D eigenvalue weighted by Crippen LogP contribution is 2.68. The van der Waals surface area contributed by atoms with E-state index in [1.54, 1.807) is 38.6 Å². The van der Waals surface area contributed by atoms with Crippen LogP contribution in [0.25, 0.3) is 0 Å². The maximum Gasteiger partial charge on any atom is 0.251 e. The Kier molecular flexibility index (Phi) is 10.5. The van der Waals surface area contributed by atoms with Crippen molar-refractivity contribution in [3.63, 3.8) is 0 Å². The minimum Gasteiger partial charge on any atom is -0.394 e. The van der Waals surface area contributed by atoms with Crippen LogP contribution < -0.4 is 4.90 Å². The van der Waals surface area contributed by atoms with Crippen LogP contribution in [0, 0.1) is 25.7 Å². The van der Waals surface area contributed by atoms with E-state index in [2.05, 4.69) is 29.1 Å². The number of halogens is 1. The standard InChI is InChI=1S/C40H44BrN3O4S/c1-5-19-42(24-29-15-11-8-12-16-29)37(46)33-34-38(47)44(30(25-45)22-28-13-9-7-10-14-28)36(40(34)23-31(41)35(33)49-40)39(48)43(20-6-2)32-21-26(3)17-18-27(32)4/h5-18,21,30-31,33-36,45H,1-2,19-20,22-25H2,3-4H3/t30-,31?,33-,34+,35-,36?,40?/m1/s1. The molecule has 3 unspecified atom stereocenters. The van der Waals surface area contributed by atoms with E-state index in [-0.39, 0.29) is 41.0 Å². The number of anilines is 1. The molecule has 3 aliphatic rings. The summed E-state index contributed by atoms with van der Waals surface area (Å²) in [6, 6.07) is 24.0. The van der Waals surface area contributed by atoms with E-state index in [1.807, 2.05) is 92.7 Å². The summed E-state index contributed by atoms with van der Waals surface area (Å²) >= 11 is 5.53. The Morgan fingerprint density at radius 3 is 2.29 bits per heavy atom. The van der Waals surface area contributed by atoms with Gasteiger partial charge in [-0.2, -0.15) is 0 Å². The normalized spacial score (nSPS) is 25.9. The molecule has 7 nitrogen and oxygen atoms in total.